The number of benzene rings is 3. The summed E-state index contributed by atoms with van der Waals surface area (Å²) in [4.78, 5) is 39.9. The van der Waals surface area contributed by atoms with Gasteiger partial charge in [0.2, 0.25) is 0 Å². The van der Waals surface area contributed by atoms with E-state index in [4.69, 9.17) is 0 Å². The number of carbonyl (C=O) groups excluding carboxylic acids is 3. The topological polar surface area (TPSA) is 106 Å². The van der Waals surface area contributed by atoms with E-state index in [-0.39, 0.29) is 24.4 Å². The lowest BCUT2D eigenvalue weighted by Gasteiger charge is -2.31. The van der Waals surface area contributed by atoms with Crippen molar-refractivity contribution in [3.05, 3.63) is 83.6 Å². The number of nitrogens with one attached hydrogen (secondary N) is 2. The average Bonchev–Trinajstić information content (AvgIpc) is 3.50. The monoisotopic (exact) mass is 517 g/mol. The number of ether oxygens (including phenoxy) is 1. The van der Waals surface area contributed by atoms with Gasteiger partial charge < -0.3 is 15.0 Å². The van der Waals surface area contributed by atoms with Crippen molar-refractivity contribution in [3.63, 3.8) is 0 Å². The number of halogens is 2. The molecular weight excluding hydrogens is 496 g/mol. The average molecular weight is 517 g/mol. The molecule has 4 amide bonds. The maximum absolute atomic E-state index is 13.2. The zero-order valence-electron chi connectivity index (χ0n) is 20.1. The van der Waals surface area contributed by atoms with E-state index in [1.54, 1.807) is 22.9 Å². The Morgan fingerprint density at radius 1 is 1.03 bits per heavy atom. The molecule has 9 nitrogen and oxygen atoms in total. The standard InChI is InChI=1S/C27H21F2N5O4/c1-33-12-18-10-16(5-9-22(18)32-33)15-2-6-19(7-3-15)27(24(36)30-26(37)31-27)14-34-13-17-4-8-20(38-25(28)29)11-21(17)23(34)35/h2-12,25H,13-14H2,1H3,(H2,30,31,36,37)/t27-/m0/s1. The molecule has 1 saturated heterocycles. The SMILES string of the molecule is Cn1cc2cc(-c3ccc([C@]4(CN5Cc6ccc(OC(F)F)cc6C5=O)NC(=O)NC4=O)cc3)ccc2n1. The van der Waals surface area contributed by atoms with Crippen LogP contribution in [0.4, 0.5) is 13.6 Å². The van der Waals surface area contributed by atoms with Crippen molar-refractivity contribution in [2.75, 3.05) is 6.54 Å². The van der Waals surface area contributed by atoms with E-state index in [9.17, 15) is 23.2 Å². The lowest BCUT2D eigenvalue weighted by Crippen LogP contribution is -2.52. The minimum absolute atomic E-state index is 0.129. The van der Waals surface area contributed by atoms with Gasteiger partial charge in [-0.05, 0) is 46.5 Å². The third-order valence-electron chi connectivity index (χ3n) is 6.88. The van der Waals surface area contributed by atoms with Crippen molar-refractivity contribution < 1.29 is 27.9 Å². The third-order valence-corrected chi connectivity index (χ3v) is 6.88. The smallest absolute Gasteiger partial charge is 0.387 e. The minimum atomic E-state index is -3.02. The summed E-state index contributed by atoms with van der Waals surface area (Å²) in [5, 5.41) is 10.4. The summed E-state index contributed by atoms with van der Waals surface area (Å²) >= 11 is 0. The lowest BCUT2D eigenvalue weighted by molar-refractivity contribution is -0.124. The molecule has 1 atom stereocenters. The Labute approximate surface area is 215 Å². The molecule has 0 unspecified atom stereocenters. The highest BCUT2D eigenvalue weighted by molar-refractivity contribution is 6.08. The van der Waals surface area contributed by atoms with E-state index >= 15 is 0 Å². The molecule has 1 fully saturated rings. The number of hydrogen-bond acceptors (Lipinski definition) is 5. The predicted molar refractivity (Wildman–Crippen MR) is 132 cm³/mol. The fourth-order valence-electron chi connectivity index (χ4n) is 5.10. The molecule has 11 heteroatoms. The van der Waals surface area contributed by atoms with Gasteiger partial charge in [-0.25, -0.2) is 4.79 Å². The Morgan fingerprint density at radius 2 is 1.79 bits per heavy atom. The van der Waals surface area contributed by atoms with Crippen LogP contribution in [-0.4, -0.2) is 45.7 Å². The van der Waals surface area contributed by atoms with E-state index in [1.165, 1.54) is 17.0 Å². The fraction of sp³-hybridized carbons (Fsp3) is 0.185. The zero-order valence-corrected chi connectivity index (χ0v) is 20.1. The summed E-state index contributed by atoms with van der Waals surface area (Å²) in [6.07, 6.45) is 1.92. The van der Waals surface area contributed by atoms with Crippen LogP contribution in [0.1, 0.15) is 21.5 Å². The number of nitrogens with zero attached hydrogens (tertiary/aromatic N) is 3. The third kappa shape index (κ3) is 3.92. The highest BCUT2D eigenvalue weighted by atomic mass is 19.3. The van der Waals surface area contributed by atoms with Crippen molar-refractivity contribution in [2.45, 2.75) is 18.7 Å². The number of alkyl halides is 2. The van der Waals surface area contributed by atoms with E-state index in [0.29, 0.717) is 11.1 Å². The number of aryl methyl sites for hydroxylation is 1. The maximum atomic E-state index is 13.2. The summed E-state index contributed by atoms with van der Waals surface area (Å²) < 4.78 is 31.4. The van der Waals surface area contributed by atoms with Gasteiger partial charge in [0.1, 0.15) is 5.75 Å². The first-order chi connectivity index (χ1) is 18.2. The first-order valence-electron chi connectivity index (χ1n) is 11.8. The summed E-state index contributed by atoms with van der Waals surface area (Å²) in [5.74, 6) is -1.16. The van der Waals surface area contributed by atoms with E-state index in [1.807, 2.05) is 43.6 Å². The Balaban J connectivity index is 1.30. The fourth-order valence-corrected chi connectivity index (χ4v) is 5.10. The molecule has 192 valence electrons. The lowest BCUT2D eigenvalue weighted by atomic mass is 9.88. The van der Waals surface area contributed by atoms with Gasteiger partial charge in [0.05, 0.1) is 12.1 Å². The molecule has 0 spiro atoms. The van der Waals surface area contributed by atoms with Crippen molar-refractivity contribution in [3.8, 4) is 16.9 Å². The van der Waals surface area contributed by atoms with Gasteiger partial charge in [0.25, 0.3) is 11.8 Å². The first-order valence-corrected chi connectivity index (χ1v) is 11.8. The van der Waals surface area contributed by atoms with Crippen LogP contribution in [0.25, 0.3) is 22.0 Å². The number of rotatable bonds is 6. The van der Waals surface area contributed by atoms with Crippen LogP contribution in [0, 0.1) is 0 Å². The van der Waals surface area contributed by atoms with E-state index in [0.717, 1.165) is 22.0 Å². The molecule has 0 bridgehead atoms. The molecule has 3 aromatic carbocycles. The van der Waals surface area contributed by atoms with Crippen molar-refractivity contribution in [1.29, 1.82) is 0 Å². The van der Waals surface area contributed by atoms with Crippen LogP contribution in [-0.2, 0) is 23.9 Å². The molecule has 4 aromatic rings. The summed E-state index contributed by atoms with van der Waals surface area (Å²) in [6.45, 7) is -3.02. The molecule has 0 radical (unpaired) electrons. The first kappa shape index (κ1) is 23.6. The molecule has 2 N–H and O–H groups in total. The van der Waals surface area contributed by atoms with Crippen LogP contribution < -0.4 is 15.4 Å². The van der Waals surface area contributed by atoms with Gasteiger partial charge in [-0.15, -0.1) is 0 Å². The number of imide groups is 1. The Kier molecular flexibility index (Phi) is 5.37. The number of fused-ring (bicyclic) bond motifs is 2. The second-order valence-electron chi connectivity index (χ2n) is 9.33. The largest absolute Gasteiger partial charge is 0.435 e. The Bertz CT molecular complexity index is 1620. The molecule has 2 aliphatic rings. The van der Waals surface area contributed by atoms with Crippen LogP contribution >= 0.6 is 0 Å². The van der Waals surface area contributed by atoms with Crippen molar-refractivity contribution in [1.82, 2.24) is 25.3 Å². The molecule has 0 saturated carbocycles. The number of urea groups is 1. The zero-order chi connectivity index (χ0) is 26.6. The molecule has 6 rings (SSSR count). The summed E-state index contributed by atoms with van der Waals surface area (Å²) in [6, 6.07) is 16.6. The number of carbonyl (C=O) groups is 3. The van der Waals surface area contributed by atoms with E-state index < -0.39 is 30.0 Å². The Hall–Kier alpha value is -4.80. The van der Waals surface area contributed by atoms with E-state index in [2.05, 4.69) is 20.5 Å². The molecule has 0 aliphatic carbocycles. The molecule has 3 heterocycles. The van der Waals surface area contributed by atoms with Crippen LogP contribution in [0.3, 0.4) is 0 Å². The second kappa shape index (κ2) is 8.65. The van der Waals surface area contributed by atoms with Crippen LogP contribution in [0.15, 0.2) is 66.9 Å². The minimum Gasteiger partial charge on any atom is -0.435 e. The quantitative estimate of drug-likeness (QED) is 0.381. The highest BCUT2D eigenvalue weighted by Crippen LogP contribution is 2.34. The normalized spacial score (nSPS) is 18.7. The molecular formula is C27H21F2N5O4. The molecule has 2 aliphatic heterocycles. The number of aromatic nitrogens is 2. The highest BCUT2D eigenvalue weighted by Gasteiger charge is 2.50. The van der Waals surface area contributed by atoms with Gasteiger partial charge in [0.15, 0.2) is 5.54 Å². The van der Waals surface area contributed by atoms with Gasteiger partial charge in [-0.2, -0.15) is 13.9 Å². The molecule has 38 heavy (non-hydrogen) atoms. The van der Waals surface area contributed by atoms with Crippen molar-refractivity contribution >= 4 is 28.7 Å². The van der Waals surface area contributed by atoms with Crippen LogP contribution in [0.2, 0.25) is 0 Å². The number of amides is 4. The number of hydrogen-bond donors (Lipinski definition) is 2. The second-order valence-corrected chi connectivity index (χ2v) is 9.33. The van der Waals surface area contributed by atoms with Gasteiger partial charge >= 0.3 is 12.6 Å². The summed E-state index contributed by atoms with van der Waals surface area (Å²) in [5.41, 5.74) is 2.53. The van der Waals surface area contributed by atoms with Gasteiger partial charge in [-0.1, -0.05) is 36.4 Å². The van der Waals surface area contributed by atoms with Crippen molar-refractivity contribution in [2.24, 2.45) is 7.05 Å². The Morgan fingerprint density at radius 3 is 2.50 bits per heavy atom. The summed E-state index contributed by atoms with van der Waals surface area (Å²) in [7, 11) is 1.86. The van der Waals surface area contributed by atoms with Gasteiger partial charge in [0, 0.05) is 30.7 Å². The maximum Gasteiger partial charge on any atom is 0.387 e. The van der Waals surface area contributed by atoms with Crippen LogP contribution in [0.5, 0.6) is 5.75 Å². The van der Waals surface area contributed by atoms with Gasteiger partial charge in [-0.3, -0.25) is 19.6 Å². The molecule has 1 aromatic heterocycles. The predicted octanol–water partition coefficient (Wildman–Crippen LogP) is 3.53.